The molecule has 0 aliphatic carbocycles. The molecule has 0 spiro atoms. The second-order valence-corrected chi connectivity index (χ2v) is 13.3. The number of ether oxygens (including phenoxy) is 2. The van der Waals surface area contributed by atoms with Gasteiger partial charge in [0.15, 0.2) is 0 Å². The third-order valence-corrected chi connectivity index (χ3v) is 10.5. The van der Waals surface area contributed by atoms with Gasteiger partial charge in [0.05, 0.1) is 0 Å². The average Bonchev–Trinajstić information content (AvgIpc) is 3.43. The predicted octanol–water partition coefficient (Wildman–Crippen LogP) is 9.71. The zero-order valence-corrected chi connectivity index (χ0v) is 25.8. The highest BCUT2D eigenvalue weighted by atomic mass is 32.1. The highest BCUT2D eigenvalue weighted by molar-refractivity contribution is 7.26. The molecule has 0 N–H and O–H groups in total. The average molecular weight is 608 g/mol. The second-order valence-electron chi connectivity index (χ2n) is 12.2. The molecule has 0 atom stereocenters. The Kier molecular flexibility index (Phi) is 5.46. The first-order valence-corrected chi connectivity index (χ1v) is 16.4. The van der Waals surface area contributed by atoms with Crippen LogP contribution < -0.4 is 30.8 Å². The van der Waals surface area contributed by atoms with Gasteiger partial charge in [0.1, 0.15) is 23.0 Å². The molecule has 7 aromatic carbocycles. The first-order valence-electron chi connectivity index (χ1n) is 15.6. The van der Waals surface area contributed by atoms with Crippen molar-refractivity contribution in [3.05, 3.63) is 145 Å². The fourth-order valence-electron chi connectivity index (χ4n) is 7.32. The summed E-state index contributed by atoms with van der Waals surface area (Å²) in [5, 5.41) is 4.94. The molecule has 2 aliphatic heterocycles. The Hall–Kier alpha value is -5.52. The molecule has 0 radical (unpaired) electrons. The number of anilines is 3. The van der Waals surface area contributed by atoms with Gasteiger partial charge in [0.2, 0.25) is 0 Å². The van der Waals surface area contributed by atoms with Crippen molar-refractivity contribution in [1.82, 2.24) is 0 Å². The molecule has 0 amide bonds. The number of hydrogen-bond donors (Lipinski definition) is 0. The molecule has 3 heterocycles. The molecule has 216 valence electrons. The fraction of sp³-hybridized carbons (Fsp3) is 0.0244. The predicted molar refractivity (Wildman–Crippen MR) is 194 cm³/mol. The van der Waals surface area contributed by atoms with Crippen LogP contribution in [0.1, 0.15) is 5.56 Å². The molecule has 46 heavy (non-hydrogen) atoms. The van der Waals surface area contributed by atoms with E-state index in [1.54, 1.807) is 0 Å². The lowest BCUT2D eigenvalue weighted by molar-refractivity contribution is 0.464. The first kappa shape index (κ1) is 25.8. The monoisotopic (exact) mass is 607 g/mol. The van der Waals surface area contributed by atoms with Gasteiger partial charge in [-0.25, -0.2) is 0 Å². The lowest BCUT2D eigenvalue weighted by Gasteiger charge is -2.33. The van der Waals surface area contributed by atoms with Crippen LogP contribution in [0.4, 0.5) is 17.1 Å². The molecule has 1 aromatic heterocycles. The Morgan fingerprint density at radius 3 is 1.91 bits per heavy atom. The number of para-hydroxylation sites is 3. The summed E-state index contributed by atoms with van der Waals surface area (Å²) in [5.41, 5.74) is 8.03. The van der Waals surface area contributed by atoms with Crippen LogP contribution in [0, 0.1) is 6.92 Å². The third-order valence-electron chi connectivity index (χ3n) is 9.35. The zero-order valence-electron chi connectivity index (χ0n) is 25.0. The summed E-state index contributed by atoms with van der Waals surface area (Å²) in [7, 11) is 0. The number of hydrogen-bond acceptors (Lipinski definition) is 4. The minimum atomic E-state index is 0.0671. The van der Waals surface area contributed by atoms with E-state index >= 15 is 0 Å². The maximum Gasteiger partial charge on any atom is 0.260 e. The van der Waals surface area contributed by atoms with Crippen molar-refractivity contribution >= 4 is 82.4 Å². The summed E-state index contributed by atoms with van der Waals surface area (Å²) in [4.78, 5) is 2.32. The Bertz CT molecular complexity index is 2470. The van der Waals surface area contributed by atoms with E-state index in [1.807, 2.05) is 17.4 Å². The van der Waals surface area contributed by atoms with E-state index in [0.29, 0.717) is 0 Å². The van der Waals surface area contributed by atoms with Crippen molar-refractivity contribution in [3.63, 3.8) is 0 Å². The van der Waals surface area contributed by atoms with Gasteiger partial charge < -0.3 is 14.4 Å². The van der Waals surface area contributed by atoms with Gasteiger partial charge in [-0.2, -0.15) is 0 Å². The molecule has 2 aliphatic rings. The van der Waals surface area contributed by atoms with E-state index < -0.39 is 0 Å². The maximum absolute atomic E-state index is 6.68. The standard InChI is InChI=1S/C41H26BNO2S/c1-25-18-37-41-38(19-25)45-36-23-32-31-21-26-16-17-30(43(28-10-4-2-5-11-28)29-12-6-3-7-13-29)20-27(26)22-39(31)46-40(32)24-34(36)42(41)33-14-8-9-15-35(33)44-37/h2-24H,1H3. The van der Waals surface area contributed by atoms with E-state index in [0.717, 1.165) is 51.1 Å². The van der Waals surface area contributed by atoms with Crippen LogP contribution >= 0.6 is 11.3 Å². The molecular formula is C41H26BNO2S. The molecule has 0 saturated carbocycles. The summed E-state index contributed by atoms with van der Waals surface area (Å²) in [6, 6.07) is 49.9. The number of thiophene rings is 1. The number of fused-ring (bicyclic) bond motifs is 8. The molecule has 0 unspecified atom stereocenters. The molecule has 5 heteroatoms. The van der Waals surface area contributed by atoms with Gasteiger partial charge in [-0.3, -0.25) is 0 Å². The van der Waals surface area contributed by atoms with E-state index in [4.69, 9.17) is 9.47 Å². The summed E-state index contributed by atoms with van der Waals surface area (Å²) < 4.78 is 15.6. The zero-order chi connectivity index (χ0) is 30.4. The van der Waals surface area contributed by atoms with Gasteiger partial charge in [0.25, 0.3) is 6.71 Å². The topological polar surface area (TPSA) is 21.7 Å². The largest absolute Gasteiger partial charge is 0.458 e. The van der Waals surface area contributed by atoms with Crippen molar-refractivity contribution < 1.29 is 9.47 Å². The minimum Gasteiger partial charge on any atom is -0.458 e. The Morgan fingerprint density at radius 1 is 0.500 bits per heavy atom. The van der Waals surface area contributed by atoms with Crippen LogP contribution in [0.2, 0.25) is 0 Å². The van der Waals surface area contributed by atoms with Crippen molar-refractivity contribution in [2.24, 2.45) is 0 Å². The third kappa shape index (κ3) is 3.85. The SMILES string of the molecule is Cc1cc2c3c(c1)Oc1cc4c(cc1B3c1ccccc1O2)sc1cc2cc(N(c3ccccc3)c3ccccc3)ccc2cc14. The number of benzene rings is 7. The van der Waals surface area contributed by atoms with Crippen molar-refractivity contribution in [1.29, 1.82) is 0 Å². The van der Waals surface area contributed by atoms with Crippen LogP contribution in [0.25, 0.3) is 30.9 Å². The van der Waals surface area contributed by atoms with Crippen molar-refractivity contribution in [2.75, 3.05) is 4.90 Å². The summed E-state index contributed by atoms with van der Waals surface area (Å²) in [6.45, 7) is 2.16. The Balaban J connectivity index is 1.14. The fourth-order valence-corrected chi connectivity index (χ4v) is 8.48. The second kappa shape index (κ2) is 9.74. The highest BCUT2D eigenvalue weighted by Crippen LogP contribution is 2.43. The molecule has 10 rings (SSSR count). The Morgan fingerprint density at radius 2 is 1.15 bits per heavy atom. The molecule has 0 saturated heterocycles. The highest BCUT2D eigenvalue weighted by Gasteiger charge is 2.40. The number of rotatable bonds is 3. The van der Waals surface area contributed by atoms with Crippen LogP contribution in [-0.2, 0) is 0 Å². The first-order chi connectivity index (χ1) is 22.7. The van der Waals surface area contributed by atoms with E-state index in [-0.39, 0.29) is 6.71 Å². The number of nitrogens with zero attached hydrogens (tertiary/aromatic N) is 1. The molecule has 0 bridgehead atoms. The van der Waals surface area contributed by atoms with Crippen molar-refractivity contribution in [3.8, 4) is 23.0 Å². The van der Waals surface area contributed by atoms with Gasteiger partial charge >= 0.3 is 0 Å². The van der Waals surface area contributed by atoms with Crippen LogP contribution in [0.3, 0.4) is 0 Å². The lowest BCUT2D eigenvalue weighted by Crippen LogP contribution is -2.57. The van der Waals surface area contributed by atoms with Crippen molar-refractivity contribution in [2.45, 2.75) is 6.92 Å². The van der Waals surface area contributed by atoms with Gasteiger partial charge in [-0.15, -0.1) is 11.3 Å². The molecule has 8 aromatic rings. The van der Waals surface area contributed by atoms with Gasteiger partial charge in [-0.05, 0) is 113 Å². The van der Waals surface area contributed by atoms with Crippen LogP contribution in [0.15, 0.2) is 140 Å². The quantitative estimate of drug-likeness (QED) is 0.187. The normalized spacial score (nSPS) is 12.8. The molecule has 3 nitrogen and oxygen atoms in total. The van der Waals surface area contributed by atoms with E-state index in [2.05, 4.69) is 145 Å². The summed E-state index contributed by atoms with van der Waals surface area (Å²) >= 11 is 1.86. The van der Waals surface area contributed by atoms with E-state index in [1.165, 1.54) is 41.9 Å². The summed E-state index contributed by atoms with van der Waals surface area (Å²) in [5.74, 6) is 3.63. The maximum atomic E-state index is 6.68. The Labute approximate surface area is 271 Å². The lowest BCUT2D eigenvalue weighted by atomic mass is 9.35. The smallest absolute Gasteiger partial charge is 0.260 e. The molecule has 0 fully saturated rings. The van der Waals surface area contributed by atoms with Crippen LogP contribution in [-0.4, -0.2) is 6.71 Å². The van der Waals surface area contributed by atoms with Crippen LogP contribution in [0.5, 0.6) is 23.0 Å². The molecular weight excluding hydrogens is 581 g/mol. The minimum absolute atomic E-state index is 0.0671. The van der Waals surface area contributed by atoms with Gasteiger partial charge in [0, 0.05) is 42.7 Å². The van der Waals surface area contributed by atoms with E-state index in [9.17, 15) is 0 Å². The van der Waals surface area contributed by atoms with Gasteiger partial charge in [-0.1, -0.05) is 60.7 Å². The number of aryl methyl sites for hydroxylation is 1. The summed E-state index contributed by atoms with van der Waals surface area (Å²) in [6.07, 6.45) is 0.